The molecule has 0 unspecified atom stereocenters. The van der Waals surface area contributed by atoms with Crippen LogP contribution in [0.15, 0.2) is 18.2 Å². The van der Waals surface area contributed by atoms with Gasteiger partial charge in [0.15, 0.2) is 5.75 Å². The summed E-state index contributed by atoms with van der Waals surface area (Å²) in [7, 11) is -2.28. The lowest BCUT2D eigenvalue weighted by Gasteiger charge is -2.06. The van der Waals surface area contributed by atoms with Gasteiger partial charge in [-0.2, -0.15) is 0 Å². The van der Waals surface area contributed by atoms with Crippen molar-refractivity contribution in [3.63, 3.8) is 0 Å². The number of nitrogens with one attached hydrogen (secondary N) is 1. The van der Waals surface area contributed by atoms with Crippen LogP contribution in [0.3, 0.4) is 0 Å². The first-order valence-electron chi connectivity index (χ1n) is 5.85. The van der Waals surface area contributed by atoms with Crippen molar-refractivity contribution in [3.8, 4) is 5.75 Å². The predicted octanol–water partition coefficient (Wildman–Crippen LogP) is 0.0118. The second kappa shape index (κ2) is 6.99. The minimum Gasteiger partial charge on any atom is -0.490 e. The molecule has 0 aromatic heterocycles. The monoisotopic (exact) mass is 317 g/mol. The Morgan fingerprint density at radius 3 is 2.67 bits per heavy atom. The van der Waals surface area contributed by atoms with Crippen LogP contribution in [0.2, 0.25) is 0 Å². The molecule has 0 saturated carbocycles. The Kier molecular flexibility index (Phi) is 5.61. The molecule has 0 spiro atoms. The molecule has 3 N–H and O–H groups in total. The normalized spacial score (nSPS) is 11.0. The van der Waals surface area contributed by atoms with Crippen LogP contribution in [-0.2, 0) is 10.0 Å². The Morgan fingerprint density at radius 2 is 2.14 bits per heavy atom. The van der Waals surface area contributed by atoms with Crippen molar-refractivity contribution in [2.75, 3.05) is 19.4 Å². The molecule has 0 heterocycles. The first-order chi connectivity index (χ1) is 9.74. The number of primary sulfonamides is 1. The number of ether oxygens (including phenoxy) is 1. The second-order valence-electron chi connectivity index (χ2n) is 4.12. The number of amides is 1. The zero-order valence-corrected chi connectivity index (χ0v) is 12.1. The summed E-state index contributed by atoms with van der Waals surface area (Å²) in [5, 5.41) is 18.1. The van der Waals surface area contributed by atoms with Gasteiger partial charge in [0.05, 0.1) is 17.8 Å². The maximum Gasteiger partial charge on any atom is 0.311 e. The third-order valence-corrected chi connectivity index (χ3v) is 3.39. The molecular weight excluding hydrogens is 302 g/mol. The number of nitro benzene ring substituents is 1. The van der Waals surface area contributed by atoms with E-state index < -0.39 is 20.9 Å². The van der Waals surface area contributed by atoms with E-state index in [2.05, 4.69) is 5.32 Å². The molecular formula is C11H15N3O6S. The summed E-state index contributed by atoms with van der Waals surface area (Å²) >= 11 is 0. The van der Waals surface area contributed by atoms with Crippen LogP contribution in [-0.4, -0.2) is 38.7 Å². The fourth-order valence-corrected chi connectivity index (χ4v) is 2.10. The maximum atomic E-state index is 11.8. The molecule has 0 fully saturated rings. The number of benzene rings is 1. The van der Waals surface area contributed by atoms with E-state index >= 15 is 0 Å². The lowest BCUT2D eigenvalue weighted by molar-refractivity contribution is -0.385. The van der Waals surface area contributed by atoms with Gasteiger partial charge < -0.3 is 10.1 Å². The number of nitrogens with two attached hydrogens (primary N) is 1. The minimum absolute atomic E-state index is 0.0470. The summed E-state index contributed by atoms with van der Waals surface area (Å²) in [6, 6.07) is 3.78. The van der Waals surface area contributed by atoms with Gasteiger partial charge in [-0.15, -0.1) is 0 Å². The van der Waals surface area contributed by atoms with Crippen molar-refractivity contribution >= 4 is 21.6 Å². The lowest BCUT2D eigenvalue weighted by atomic mass is 10.1. The van der Waals surface area contributed by atoms with Gasteiger partial charge in [0.25, 0.3) is 5.91 Å². The molecule has 1 rings (SSSR count). The van der Waals surface area contributed by atoms with E-state index in [1.165, 1.54) is 19.2 Å². The number of sulfonamides is 1. The molecule has 0 radical (unpaired) electrons. The van der Waals surface area contributed by atoms with E-state index in [0.717, 1.165) is 6.07 Å². The number of nitrogens with zero attached hydrogens (tertiary/aromatic N) is 1. The van der Waals surface area contributed by atoms with Crippen molar-refractivity contribution in [1.29, 1.82) is 0 Å². The number of rotatable bonds is 7. The van der Waals surface area contributed by atoms with Crippen LogP contribution < -0.4 is 15.2 Å². The van der Waals surface area contributed by atoms with Gasteiger partial charge in [0, 0.05) is 18.2 Å². The van der Waals surface area contributed by atoms with Crippen LogP contribution in [0, 0.1) is 10.1 Å². The summed E-state index contributed by atoms with van der Waals surface area (Å²) in [6.45, 7) is 0.0924. The smallest absolute Gasteiger partial charge is 0.311 e. The molecule has 0 aliphatic carbocycles. The minimum atomic E-state index is -3.57. The lowest BCUT2D eigenvalue weighted by Crippen LogP contribution is -2.27. The zero-order valence-electron chi connectivity index (χ0n) is 11.2. The van der Waals surface area contributed by atoms with Gasteiger partial charge in [0.1, 0.15) is 0 Å². The largest absolute Gasteiger partial charge is 0.490 e. The number of carbonyl (C=O) groups is 1. The number of hydrogen-bond acceptors (Lipinski definition) is 6. The van der Waals surface area contributed by atoms with Crippen molar-refractivity contribution in [2.45, 2.75) is 6.42 Å². The summed E-state index contributed by atoms with van der Waals surface area (Å²) in [5.74, 6) is -0.753. The average molecular weight is 317 g/mol. The molecule has 116 valence electrons. The van der Waals surface area contributed by atoms with E-state index in [-0.39, 0.29) is 35.7 Å². The maximum absolute atomic E-state index is 11.8. The molecule has 21 heavy (non-hydrogen) atoms. The molecule has 0 atom stereocenters. The molecule has 0 saturated heterocycles. The van der Waals surface area contributed by atoms with Gasteiger partial charge in [-0.25, -0.2) is 13.6 Å². The molecule has 9 nitrogen and oxygen atoms in total. The highest BCUT2D eigenvalue weighted by Crippen LogP contribution is 2.27. The standard InChI is InChI=1S/C11H15N3O6S/c1-20-10-4-3-8(7-9(10)14(16)17)11(15)13-5-2-6-21(12,18)19/h3-4,7H,2,5-6H2,1H3,(H,13,15)(H2,12,18,19). The first kappa shape index (κ1) is 16.9. The molecule has 0 bridgehead atoms. The Morgan fingerprint density at radius 1 is 1.48 bits per heavy atom. The molecule has 0 aliphatic rings. The SMILES string of the molecule is COc1ccc(C(=O)NCCCS(N)(=O)=O)cc1[N+](=O)[O-]. The Bertz CT molecular complexity index is 643. The predicted molar refractivity (Wildman–Crippen MR) is 74.6 cm³/mol. The average Bonchev–Trinajstić information content (AvgIpc) is 2.41. The molecule has 1 amide bonds. The Hall–Kier alpha value is -2.20. The van der Waals surface area contributed by atoms with Crippen LogP contribution in [0.5, 0.6) is 5.75 Å². The van der Waals surface area contributed by atoms with Crippen molar-refractivity contribution in [3.05, 3.63) is 33.9 Å². The second-order valence-corrected chi connectivity index (χ2v) is 5.85. The molecule has 1 aromatic rings. The molecule has 10 heteroatoms. The van der Waals surface area contributed by atoms with Crippen LogP contribution >= 0.6 is 0 Å². The summed E-state index contributed by atoms with van der Waals surface area (Å²) < 4.78 is 26.2. The van der Waals surface area contributed by atoms with Gasteiger partial charge in [-0.3, -0.25) is 14.9 Å². The highest BCUT2D eigenvalue weighted by molar-refractivity contribution is 7.89. The number of methoxy groups -OCH3 is 1. The van der Waals surface area contributed by atoms with Gasteiger partial charge in [-0.05, 0) is 18.6 Å². The molecule has 0 aliphatic heterocycles. The fraction of sp³-hybridized carbons (Fsp3) is 0.364. The van der Waals surface area contributed by atoms with E-state index in [4.69, 9.17) is 9.88 Å². The van der Waals surface area contributed by atoms with E-state index in [9.17, 15) is 23.3 Å². The van der Waals surface area contributed by atoms with E-state index in [1.807, 2.05) is 0 Å². The number of hydrogen-bond donors (Lipinski definition) is 2. The summed E-state index contributed by atoms with van der Waals surface area (Å²) in [5.41, 5.74) is -0.243. The highest BCUT2D eigenvalue weighted by atomic mass is 32.2. The molecule has 1 aromatic carbocycles. The van der Waals surface area contributed by atoms with Gasteiger partial charge in [0.2, 0.25) is 10.0 Å². The number of nitro groups is 1. The van der Waals surface area contributed by atoms with E-state index in [0.29, 0.717) is 0 Å². The highest BCUT2D eigenvalue weighted by Gasteiger charge is 2.18. The van der Waals surface area contributed by atoms with Gasteiger partial charge in [-0.1, -0.05) is 0 Å². The summed E-state index contributed by atoms with van der Waals surface area (Å²) in [4.78, 5) is 22.0. The van der Waals surface area contributed by atoms with Crippen molar-refractivity contribution in [1.82, 2.24) is 5.32 Å². The Labute approximate surface area is 121 Å². The van der Waals surface area contributed by atoms with E-state index in [1.54, 1.807) is 0 Å². The summed E-state index contributed by atoms with van der Waals surface area (Å²) in [6.07, 6.45) is 0.156. The quantitative estimate of drug-likeness (QED) is 0.412. The fourth-order valence-electron chi connectivity index (χ4n) is 1.55. The van der Waals surface area contributed by atoms with Gasteiger partial charge >= 0.3 is 5.69 Å². The zero-order chi connectivity index (χ0) is 16.0. The topological polar surface area (TPSA) is 142 Å². The third kappa shape index (κ3) is 5.36. The van der Waals surface area contributed by atoms with Crippen LogP contribution in [0.4, 0.5) is 5.69 Å². The third-order valence-electron chi connectivity index (χ3n) is 2.53. The van der Waals surface area contributed by atoms with Crippen molar-refractivity contribution in [2.24, 2.45) is 5.14 Å². The van der Waals surface area contributed by atoms with Crippen molar-refractivity contribution < 1.29 is 22.9 Å². The Balaban J connectivity index is 2.70. The van der Waals surface area contributed by atoms with Crippen LogP contribution in [0.1, 0.15) is 16.8 Å². The van der Waals surface area contributed by atoms with Crippen LogP contribution in [0.25, 0.3) is 0 Å². The number of carbonyl (C=O) groups excluding carboxylic acids is 1. The first-order valence-corrected chi connectivity index (χ1v) is 7.57.